The van der Waals surface area contributed by atoms with Gasteiger partial charge in [-0.3, -0.25) is 19.5 Å². The molecule has 0 fully saturated rings. The van der Waals surface area contributed by atoms with E-state index in [1.165, 1.54) is 12.4 Å². The summed E-state index contributed by atoms with van der Waals surface area (Å²) in [6, 6.07) is 15.3. The van der Waals surface area contributed by atoms with Crippen LogP contribution in [0.3, 0.4) is 0 Å². The standard InChI is InChI=1S/2C10H14N4O2.H2O4S/c2*1-8-4-2-3-5-9(8)16-7-6-12-13-10(11)14-15;1-5(2,3)4/h2*2-6,15H,7H2,1H3,(H3,11,13,14);(H2,1,2,3,4)/b2*12-6+;. The lowest BCUT2D eigenvalue weighted by molar-refractivity contribution is 0.232. The van der Waals surface area contributed by atoms with Gasteiger partial charge in [0.05, 0.1) is 12.4 Å². The minimum atomic E-state index is -4.67. The lowest BCUT2D eigenvalue weighted by atomic mass is 10.2. The van der Waals surface area contributed by atoms with Crippen LogP contribution in [0.2, 0.25) is 0 Å². The number of hydrogen-bond donors (Lipinski definition) is 8. The molecule has 2 rings (SSSR count). The van der Waals surface area contributed by atoms with Gasteiger partial charge in [-0.05, 0) is 37.1 Å². The SMILES string of the molecule is Cc1ccccc1OC/C=N/N=C(\N)NO.Cc1ccccc1OC/C=N/N=C(\N)NO.O=S(=O)(O)O. The van der Waals surface area contributed by atoms with Crippen molar-refractivity contribution in [3.05, 3.63) is 59.7 Å². The Hall–Kier alpha value is -4.29. The Morgan fingerprint density at radius 1 is 0.811 bits per heavy atom. The monoisotopic (exact) mass is 542 g/mol. The van der Waals surface area contributed by atoms with Crippen LogP contribution in [0.5, 0.6) is 11.5 Å². The number of nitrogens with one attached hydrogen (secondary N) is 2. The van der Waals surface area contributed by atoms with Gasteiger partial charge in [-0.25, -0.2) is 11.0 Å². The molecule has 0 saturated carbocycles. The van der Waals surface area contributed by atoms with E-state index in [2.05, 4.69) is 20.4 Å². The average Bonchev–Trinajstić information content (AvgIpc) is 2.84. The summed E-state index contributed by atoms with van der Waals surface area (Å²) >= 11 is 0. The van der Waals surface area contributed by atoms with Gasteiger partial charge in [0.1, 0.15) is 24.7 Å². The molecule has 0 amide bonds. The van der Waals surface area contributed by atoms with Crippen LogP contribution in [0.1, 0.15) is 11.1 Å². The molecule has 0 saturated heterocycles. The summed E-state index contributed by atoms with van der Waals surface area (Å²) in [6.07, 6.45) is 2.88. The van der Waals surface area contributed by atoms with Crippen LogP contribution in [0.4, 0.5) is 0 Å². The van der Waals surface area contributed by atoms with Crippen LogP contribution in [-0.4, -0.2) is 65.5 Å². The highest BCUT2D eigenvalue weighted by Gasteiger charge is 1.96. The first-order valence-corrected chi connectivity index (χ1v) is 11.4. The third-order valence-corrected chi connectivity index (χ3v) is 3.54. The predicted molar refractivity (Wildman–Crippen MR) is 138 cm³/mol. The summed E-state index contributed by atoms with van der Waals surface area (Å²) in [4.78, 5) is 0. The first-order chi connectivity index (χ1) is 17.5. The fraction of sp³-hybridized carbons (Fsp3) is 0.200. The van der Waals surface area contributed by atoms with Crippen LogP contribution >= 0.6 is 0 Å². The van der Waals surface area contributed by atoms with Crippen LogP contribution in [0, 0.1) is 13.8 Å². The summed E-state index contributed by atoms with van der Waals surface area (Å²) in [5, 5.41) is 30.6. The molecule has 0 heterocycles. The predicted octanol–water partition coefficient (Wildman–Crippen LogP) is 0.653. The second-order valence-corrected chi connectivity index (χ2v) is 7.29. The van der Waals surface area contributed by atoms with E-state index in [0.29, 0.717) is 0 Å². The highest BCUT2D eigenvalue weighted by atomic mass is 32.3. The van der Waals surface area contributed by atoms with Gasteiger partial charge >= 0.3 is 10.4 Å². The van der Waals surface area contributed by atoms with Crippen LogP contribution < -0.4 is 31.9 Å². The minimum absolute atomic E-state index is 0.174. The largest absolute Gasteiger partial charge is 0.488 e. The Kier molecular flexibility index (Phi) is 16.8. The number of benzene rings is 2. The van der Waals surface area contributed by atoms with Crippen LogP contribution in [0.15, 0.2) is 68.9 Å². The molecule has 0 spiro atoms. The number of para-hydroxylation sites is 2. The molecule has 2 aromatic carbocycles. The molecule has 17 heteroatoms. The van der Waals surface area contributed by atoms with Crippen molar-refractivity contribution in [1.29, 1.82) is 0 Å². The first-order valence-electron chi connectivity index (χ1n) is 10.0. The number of guanidine groups is 2. The Bertz CT molecular complexity index is 1070. The van der Waals surface area contributed by atoms with Gasteiger partial charge in [0, 0.05) is 0 Å². The average molecular weight is 543 g/mol. The van der Waals surface area contributed by atoms with Gasteiger partial charge in [0.25, 0.3) is 0 Å². The molecule has 0 atom stereocenters. The van der Waals surface area contributed by atoms with Gasteiger partial charge in [0.2, 0.25) is 11.9 Å². The molecular formula is C20H30N8O8S. The Morgan fingerprint density at radius 2 is 1.14 bits per heavy atom. The maximum atomic E-state index is 8.74. The number of ether oxygens (including phenoxy) is 2. The van der Waals surface area contributed by atoms with Crippen molar-refractivity contribution in [1.82, 2.24) is 11.0 Å². The summed E-state index contributed by atoms with van der Waals surface area (Å²) in [5.41, 5.74) is 15.7. The zero-order chi connectivity index (χ0) is 28.1. The number of nitrogens with zero attached hydrogens (tertiary/aromatic N) is 4. The summed E-state index contributed by atoms with van der Waals surface area (Å²) in [7, 11) is -4.67. The molecule has 16 nitrogen and oxygen atoms in total. The smallest absolute Gasteiger partial charge is 0.394 e. The Morgan fingerprint density at radius 3 is 1.43 bits per heavy atom. The van der Waals surface area contributed by atoms with E-state index in [1.807, 2.05) is 62.4 Å². The van der Waals surface area contributed by atoms with Crippen LogP contribution in [0.25, 0.3) is 0 Å². The van der Waals surface area contributed by atoms with Crippen molar-refractivity contribution in [3.8, 4) is 11.5 Å². The highest BCUT2D eigenvalue weighted by Crippen LogP contribution is 2.16. The van der Waals surface area contributed by atoms with E-state index in [9.17, 15) is 0 Å². The maximum Gasteiger partial charge on any atom is 0.394 e. The molecule has 0 aromatic heterocycles. The molecule has 0 unspecified atom stereocenters. The number of hydroxylamine groups is 2. The third-order valence-electron chi connectivity index (χ3n) is 3.54. The highest BCUT2D eigenvalue weighted by molar-refractivity contribution is 7.79. The molecule has 204 valence electrons. The summed E-state index contributed by atoms with van der Waals surface area (Å²) in [6.45, 7) is 4.48. The van der Waals surface area contributed by atoms with E-state index < -0.39 is 10.4 Å². The minimum Gasteiger partial charge on any atom is -0.488 e. The first kappa shape index (κ1) is 32.7. The van der Waals surface area contributed by atoms with E-state index >= 15 is 0 Å². The normalized spacial score (nSPS) is 11.7. The number of nitrogens with two attached hydrogens (primary N) is 2. The Balaban J connectivity index is 0.000000594. The van der Waals surface area contributed by atoms with E-state index in [1.54, 1.807) is 11.0 Å². The van der Waals surface area contributed by atoms with Crippen molar-refractivity contribution in [2.45, 2.75) is 13.8 Å². The molecule has 0 bridgehead atoms. The molecular weight excluding hydrogens is 512 g/mol. The van der Waals surface area contributed by atoms with Crippen molar-refractivity contribution in [2.75, 3.05) is 13.2 Å². The van der Waals surface area contributed by atoms with E-state index in [-0.39, 0.29) is 25.1 Å². The quantitative estimate of drug-likeness (QED) is 0.0989. The summed E-state index contributed by atoms with van der Waals surface area (Å²) in [5.74, 6) is 1.25. The fourth-order valence-corrected chi connectivity index (χ4v) is 2.01. The van der Waals surface area contributed by atoms with Gasteiger partial charge in [-0.2, -0.15) is 18.6 Å². The second kappa shape index (κ2) is 19.0. The number of rotatable bonds is 8. The Labute approximate surface area is 213 Å². The van der Waals surface area contributed by atoms with Crippen molar-refractivity contribution in [3.63, 3.8) is 0 Å². The zero-order valence-corrected chi connectivity index (χ0v) is 20.8. The second-order valence-electron chi connectivity index (χ2n) is 6.39. The maximum absolute atomic E-state index is 8.74. The van der Waals surface area contributed by atoms with Gasteiger partial charge in [-0.15, -0.1) is 10.2 Å². The lowest BCUT2D eigenvalue weighted by Crippen LogP contribution is -2.27. The van der Waals surface area contributed by atoms with E-state index in [0.717, 1.165) is 22.6 Å². The molecule has 0 radical (unpaired) electrons. The molecule has 0 aliphatic carbocycles. The summed E-state index contributed by atoms with van der Waals surface area (Å²) < 4.78 is 42.4. The van der Waals surface area contributed by atoms with Crippen molar-refractivity contribution >= 4 is 34.7 Å². The topological polar surface area (TPSA) is 259 Å². The molecule has 0 aliphatic heterocycles. The van der Waals surface area contributed by atoms with Crippen molar-refractivity contribution in [2.24, 2.45) is 31.9 Å². The lowest BCUT2D eigenvalue weighted by Gasteiger charge is -2.04. The third kappa shape index (κ3) is 19.7. The zero-order valence-electron chi connectivity index (χ0n) is 20.0. The molecule has 2 aromatic rings. The van der Waals surface area contributed by atoms with E-state index in [4.69, 9.17) is 48.9 Å². The van der Waals surface area contributed by atoms with Gasteiger partial charge in [-0.1, -0.05) is 36.4 Å². The molecule has 37 heavy (non-hydrogen) atoms. The number of aryl methyl sites for hydroxylation is 2. The van der Waals surface area contributed by atoms with Gasteiger partial charge in [0.15, 0.2) is 0 Å². The van der Waals surface area contributed by atoms with Gasteiger partial charge < -0.3 is 20.9 Å². The molecule has 10 N–H and O–H groups in total. The fourth-order valence-electron chi connectivity index (χ4n) is 2.01. The number of hydrogen-bond acceptors (Lipinski definition) is 10. The van der Waals surface area contributed by atoms with Crippen LogP contribution in [-0.2, 0) is 10.4 Å². The molecule has 0 aliphatic rings. The van der Waals surface area contributed by atoms with Crippen molar-refractivity contribution < 1.29 is 37.4 Å².